The van der Waals surface area contributed by atoms with Crippen molar-refractivity contribution >= 4 is 71.4 Å². The van der Waals surface area contributed by atoms with Crippen LogP contribution in [0.5, 0.6) is 0 Å². The number of ether oxygens (including phenoxy) is 2. The first-order valence-corrected chi connectivity index (χ1v) is 29.8. The number of ketones is 3. The Labute approximate surface area is 526 Å². The van der Waals surface area contributed by atoms with Crippen LogP contribution in [0, 0.1) is 41.4 Å². The number of nitrogens with zero attached hydrogens (tertiary/aromatic N) is 5. The van der Waals surface area contributed by atoms with Crippen molar-refractivity contribution < 1.29 is 72.5 Å². The number of carbonyl (C=O) groups is 10. The van der Waals surface area contributed by atoms with Crippen LogP contribution in [0.15, 0.2) is 60.7 Å². The van der Waals surface area contributed by atoms with E-state index in [1.165, 1.54) is 0 Å². The fraction of sp³-hybridized carbons (Fsp3) is 0.662. The summed E-state index contributed by atoms with van der Waals surface area (Å²) >= 11 is 0. The Morgan fingerprint density at radius 3 is 1.00 bits per heavy atom. The quantitative estimate of drug-likeness (QED) is 0.0470. The molecule has 1 aliphatic heterocycles. The zero-order valence-electron chi connectivity index (χ0n) is 55.9. The molecule has 8 atom stereocenters. The lowest BCUT2D eigenvalue weighted by Crippen LogP contribution is -2.39. The molecule has 0 radical (unpaired) electrons. The van der Waals surface area contributed by atoms with Gasteiger partial charge in [0.15, 0.2) is 17.3 Å². The molecule has 2 aromatic carbocycles. The molecule has 2 amide bonds. The van der Waals surface area contributed by atoms with Gasteiger partial charge in [0.05, 0.1) is 35.9 Å². The molecule has 1 fully saturated rings. The standard InChI is InChI=1S/C19H29NO3.C16H26N2O5.C12H23NO3.C10H13NO2.C8H17NO2.ClH/c1-14(2)11-17(20(4)5)18(21)12-15(3)19(22)23-13-16-9-7-6-8-10-16;1-10(2)8-12(17(4)5)13(19)9-11(3)16(22)23-18-14(20)6-7-15(18)21;1-8(2)6-10(13(4)5)11(14)7-9(3)12(15)16;1-8(11)10(12)13-7-9-5-3-2-4-6-9;1-6(2)5-7(8(10)11)9(3)4;/h6-10,14-15,17H,11-13H2,1-5H3;10-12H,6-9H2,1-5H3;8-10H,6-7H2,1-5H3,(H,15,16);2-6,8H,7,11H2,1H3;6-7H,5H2,1-4H3,(H,10,11);1H. The molecule has 4 N–H and O–H groups in total. The van der Waals surface area contributed by atoms with Crippen molar-refractivity contribution in [3.05, 3.63) is 71.8 Å². The van der Waals surface area contributed by atoms with Crippen LogP contribution in [0.4, 0.5) is 0 Å². The monoisotopic (exact) mass is 1250 g/mol. The maximum absolute atomic E-state index is 12.5. The molecule has 0 bridgehead atoms. The van der Waals surface area contributed by atoms with Gasteiger partial charge in [0, 0.05) is 32.1 Å². The van der Waals surface area contributed by atoms with Crippen molar-refractivity contribution in [2.45, 2.75) is 184 Å². The lowest BCUT2D eigenvalue weighted by atomic mass is 9.93. The third-order valence-electron chi connectivity index (χ3n) is 13.4. The Kier molecular flexibility index (Phi) is 44.4. The first-order valence-electron chi connectivity index (χ1n) is 29.8. The second-order valence-electron chi connectivity index (χ2n) is 24.8. The van der Waals surface area contributed by atoms with Crippen LogP contribution < -0.4 is 5.73 Å². The summed E-state index contributed by atoms with van der Waals surface area (Å²) in [5.74, 6) is -4.10. The second-order valence-corrected chi connectivity index (χ2v) is 24.8. The number of carboxylic acids is 2. The molecule has 0 aliphatic carbocycles. The highest BCUT2D eigenvalue weighted by atomic mass is 35.5. The number of carboxylic acid groups (broad SMARTS) is 2. The van der Waals surface area contributed by atoms with Gasteiger partial charge in [-0.25, -0.2) is 4.79 Å². The van der Waals surface area contributed by atoms with Crippen LogP contribution in [0.3, 0.4) is 0 Å². The Bertz CT molecular complexity index is 2350. The lowest BCUT2D eigenvalue weighted by Gasteiger charge is -2.25. The summed E-state index contributed by atoms with van der Waals surface area (Å²) < 4.78 is 10.2. The van der Waals surface area contributed by atoms with Gasteiger partial charge in [-0.3, -0.25) is 62.8 Å². The minimum absolute atomic E-state index is 0. The molecule has 1 saturated heterocycles. The molecule has 8 unspecified atom stereocenters. The summed E-state index contributed by atoms with van der Waals surface area (Å²) in [6.07, 6.45) is 3.46. The van der Waals surface area contributed by atoms with Crippen molar-refractivity contribution in [2.24, 2.45) is 47.2 Å². The van der Waals surface area contributed by atoms with Gasteiger partial charge >= 0.3 is 29.8 Å². The normalized spacial score (nSPS) is 14.7. The Hall–Kier alpha value is -5.97. The van der Waals surface area contributed by atoms with Crippen LogP contribution in [-0.4, -0.2) is 180 Å². The molecule has 0 spiro atoms. The van der Waals surface area contributed by atoms with E-state index in [-0.39, 0.29) is 105 Å². The van der Waals surface area contributed by atoms with Gasteiger partial charge in [-0.1, -0.05) is 137 Å². The molecule has 22 heteroatoms. The molecular formula is C65H109ClN6O15. The number of amides is 2. The van der Waals surface area contributed by atoms with Crippen molar-refractivity contribution in [2.75, 3.05) is 56.4 Å². The van der Waals surface area contributed by atoms with Crippen LogP contribution in [0.25, 0.3) is 0 Å². The zero-order chi connectivity index (χ0) is 66.7. The van der Waals surface area contributed by atoms with Crippen LogP contribution >= 0.6 is 12.4 Å². The van der Waals surface area contributed by atoms with Crippen molar-refractivity contribution in [1.82, 2.24) is 24.7 Å². The topological polar surface area (TPSA) is 281 Å². The van der Waals surface area contributed by atoms with Crippen LogP contribution in [0.2, 0.25) is 0 Å². The molecule has 0 aromatic heterocycles. The average Bonchev–Trinajstić information content (AvgIpc) is 3.92. The fourth-order valence-electron chi connectivity index (χ4n) is 8.35. The number of halogens is 1. The van der Waals surface area contributed by atoms with E-state index in [4.69, 9.17) is 30.3 Å². The highest BCUT2D eigenvalue weighted by Gasteiger charge is 2.35. The molecule has 496 valence electrons. The zero-order valence-corrected chi connectivity index (χ0v) is 56.7. The number of nitrogens with two attached hydrogens (primary N) is 1. The van der Waals surface area contributed by atoms with Crippen molar-refractivity contribution in [3.8, 4) is 0 Å². The predicted molar refractivity (Wildman–Crippen MR) is 340 cm³/mol. The maximum Gasteiger partial charge on any atom is 0.336 e. The van der Waals surface area contributed by atoms with E-state index in [9.17, 15) is 47.9 Å². The minimum atomic E-state index is -0.907. The van der Waals surface area contributed by atoms with Crippen LogP contribution in [0.1, 0.15) is 152 Å². The number of hydrogen-bond acceptors (Lipinski definition) is 18. The second kappa shape index (κ2) is 45.3. The van der Waals surface area contributed by atoms with Crippen molar-refractivity contribution in [3.63, 3.8) is 0 Å². The number of hydroxylamine groups is 2. The summed E-state index contributed by atoms with van der Waals surface area (Å²) in [6.45, 7) is 23.5. The van der Waals surface area contributed by atoms with Gasteiger partial charge < -0.3 is 30.3 Å². The van der Waals surface area contributed by atoms with Crippen molar-refractivity contribution in [1.29, 1.82) is 0 Å². The number of esters is 2. The third kappa shape index (κ3) is 38.1. The van der Waals surface area contributed by atoms with E-state index in [0.717, 1.165) is 24.0 Å². The summed E-state index contributed by atoms with van der Waals surface area (Å²) in [7, 11) is 14.8. The molecule has 1 heterocycles. The van der Waals surface area contributed by atoms with Gasteiger partial charge in [-0.2, -0.15) is 0 Å². The largest absolute Gasteiger partial charge is 0.481 e. The van der Waals surface area contributed by atoms with E-state index in [1.54, 1.807) is 46.7 Å². The van der Waals surface area contributed by atoms with Gasteiger partial charge in [0.2, 0.25) is 0 Å². The van der Waals surface area contributed by atoms with E-state index >= 15 is 0 Å². The molecule has 87 heavy (non-hydrogen) atoms. The summed E-state index contributed by atoms with van der Waals surface area (Å²) in [5, 5.41) is 18.0. The number of benzene rings is 2. The lowest BCUT2D eigenvalue weighted by molar-refractivity contribution is -0.200. The molecule has 21 nitrogen and oxygen atoms in total. The highest BCUT2D eigenvalue weighted by Crippen LogP contribution is 2.20. The summed E-state index contributed by atoms with van der Waals surface area (Å²) in [5.41, 5.74) is 7.24. The van der Waals surface area contributed by atoms with Gasteiger partial charge in [0.25, 0.3) is 11.8 Å². The number of rotatable bonds is 31. The number of aliphatic carboxylic acids is 2. The number of imide groups is 1. The molecule has 3 rings (SSSR count). The number of carbonyl (C=O) groups excluding carboxylic acids is 8. The van der Waals surface area contributed by atoms with E-state index in [2.05, 4.69) is 27.7 Å². The van der Waals surface area contributed by atoms with E-state index in [1.807, 2.05) is 145 Å². The summed E-state index contributed by atoms with van der Waals surface area (Å²) in [4.78, 5) is 128. The first-order chi connectivity index (χ1) is 39.8. The molecule has 1 aliphatic rings. The molecule has 0 saturated carbocycles. The summed E-state index contributed by atoms with van der Waals surface area (Å²) in [6, 6.07) is 17.6. The first kappa shape index (κ1) is 85.2. The van der Waals surface area contributed by atoms with Crippen LogP contribution in [-0.2, 0) is 75.5 Å². The van der Waals surface area contributed by atoms with E-state index in [0.29, 0.717) is 48.2 Å². The number of hydrogen-bond donors (Lipinski definition) is 3. The smallest absolute Gasteiger partial charge is 0.336 e. The van der Waals surface area contributed by atoms with Gasteiger partial charge in [-0.15, -0.1) is 17.5 Å². The highest BCUT2D eigenvalue weighted by molar-refractivity contribution is 6.02. The minimum Gasteiger partial charge on any atom is -0.481 e. The van der Waals surface area contributed by atoms with Gasteiger partial charge in [0.1, 0.15) is 25.3 Å². The third-order valence-corrected chi connectivity index (χ3v) is 13.4. The fourth-order valence-corrected chi connectivity index (χ4v) is 8.35. The number of likely N-dealkylation sites (N-methyl/N-ethyl adjacent to an activating group) is 4. The SMILES string of the molecule is CC(C)CC(C(=O)CC(C)C(=O)O)N(C)C.CC(C)CC(C(=O)CC(C)C(=O)OCc1ccccc1)N(C)C.CC(C)CC(C(=O)CC(C)C(=O)ON1C(=O)CCC1=O)N(C)C.CC(C)CC(C(=O)O)N(C)C.CC(N)C(=O)OCc1ccccc1.Cl. The van der Waals surface area contributed by atoms with Gasteiger partial charge in [-0.05, 0) is 124 Å². The maximum atomic E-state index is 12.5. The van der Waals surface area contributed by atoms with E-state index < -0.39 is 53.5 Å². The number of Topliss-reactive ketones (excluding diaryl/α,β-unsaturated/α-hetero) is 3. The average molecular weight is 1250 g/mol. The Morgan fingerprint density at radius 1 is 0.448 bits per heavy atom. The molecule has 2 aromatic rings. The Morgan fingerprint density at radius 2 is 0.736 bits per heavy atom. The predicted octanol–water partition coefficient (Wildman–Crippen LogP) is 8.66. The molecular weight excluding hydrogens is 1140 g/mol. The Balaban J connectivity index is -0.00000104.